The van der Waals surface area contributed by atoms with E-state index in [1.807, 2.05) is 18.7 Å². The van der Waals surface area contributed by atoms with Gasteiger partial charge in [0.25, 0.3) is 0 Å². The van der Waals surface area contributed by atoms with Gasteiger partial charge in [-0.05, 0) is 94.5 Å². The van der Waals surface area contributed by atoms with Crippen LogP contribution in [-0.2, 0) is 9.53 Å². The fraction of sp³-hybridized carbons (Fsp3) is 0.469. The molecule has 1 saturated carbocycles. The van der Waals surface area contributed by atoms with Crippen LogP contribution in [-0.4, -0.2) is 58.4 Å². The number of hydrogen-bond donors (Lipinski definition) is 0. The first kappa shape index (κ1) is 27.6. The van der Waals surface area contributed by atoms with E-state index in [9.17, 15) is 9.18 Å². The molecular weight excluding hydrogens is 521 g/mol. The molecule has 2 aromatic carbocycles. The minimum absolute atomic E-state index is 0.00721. The average molecular weight is 560 g/mol. The summed E-state index contributed by atoms with van der Waals surface area (Å²) in [4.78, 5) is 23.0. The summed E-state index contributed by atoms with van der Waals surface area (Å²) in [6.07, 6.45) is 4.15. The number of rotatable bonds is 6. The number of hydrogen-bond acceptors (Lipinski definition) is 6. The van der Waals surface area contributed by atoms with Crippen molar-refractivity contribution in [1.82, 2.24) is 19.6 Å². The van der Waals surface area contributed by atoms with Crippen LogP contribution in [0.15, 0.2) is 40.9 Å². The van der Waals surface area contributed by atoms with Gasteiger partial charge in [-0.15, -0.1) is 0 Å². The maximum Gasteiger partial charge on any atom is 0.241 e. The minimum Gasteiger partial charge on any atom is -0.381 e. The summed E-state index contributed by atoms with van der Waals surface area (Å²) in [6, 6.07) is 11.2. The van der Waals surface area contributed by atoms with Crippen LogP contribution in [0.3, 0.4) is 0 Å². The van der Waals surface area contributed by atoms with E-state index in [0.29, 0.717) is 24.3 Å². The molecule has 4 aromatic rings. The molecule has 216 valence electrons. The molecule has 0 bridgehead atoms. The van der Waals surface area contributed by atoms with E-state index >= 15 is 0 Å². The third-order valence-electron chi connectivity index (χ3n) is 8.92. The fourth-order valence-electron chi connectivity index (χ4n) is 6.70. The standard InChI is InChI=1S/C32H38FN5O3/c1-6-36-17-29(37(30(39)18-36)24-10-13-26(33)19(2)15-24)32-34-27-16-22(31-20(3)35-41-21(31)4)7-14-28(27)38(32)23-8-11-25(40-5)12-9-23/h7,10,13-16,23,25,29H,6,8-9,11-12,17-18H2,1-5H3. The second-order valence-electron chi connectivity index (χ2n) is 11.4. The van der Waals surface area contributed by atoms with Crippen molar-refractivity contribution >= 4 is 22.6 Å². The third kappa shape index (κ3) is 4.95. The predicted octanol–water partition coefficient (Wildman–Crippen LogP) is 6.30. The molecule has 3 heterocycles. The summed E-state index contributed by atoms with van der Waals surface area (Å²) < 4.78 is 27.8. The largest absolute Gasteiger partial charge is 0.381 e. The van der Waals surface area contributed by atoms with Crippen LogP contribution in [0.1, 0.15) is 67.5 Å². The van der Waals surface area contributed by atoms with Crippen LogP contribution in [0.2, 0.25) is 0 Å². The summed E-state index contributed by atoms with van der Waals surface area (Å²) in [5.41, 5.74) is 5.98. The number of aryl methyl sites for hydroxylation is 3. The molecule has 1 aliphatic carbocycles. The van der Waals surface area contributed by atoms with Gasteiger partial charge in [0.1, 0.15) is 23.4 Å². The number of imidazole rings is 1. The molecule has 0 spiro atoms. The molecule has 41 heavy (non-hydrogen) atoms. The molecular formula is C32H38FN5O3. The number of aromatic nitrogens is 3. The van der Waals surface area contributed by atoms with Crippen molar-refractivity contribution in [3.05, 3.63) is 65.1 Å². The van der Waals surface area contributed by atoms with E-state index in [-0.39, 0.29) is 29.9 Å². The van der Waals surface area contributed by atoms with E-state index in [4.69, 9.17) is 14.2 Å². The third-order valence-corrected chi connectivity index (χ3v) is 8.92. The van der Waals surface area contributed by atoms with Gasteiger partial charge in [0, 0.05) is 30.9 Å². The van der Waals surface area contributed by atoms with Gasteiger partial charge in [0.05, 0.1) is 29.4 Å². The lowest BCUT2D eigenvalue weighted by molar-refractivity contribution is -0.122. The molecule has 8 nitrogen and oxygen atoms in total. The topological polar surface area (TPSA) is 76.6 Å². The number of fused-ring (bicyclic) bond motifs is 1. The lowest BCUT2D eigenvalue weighted by Gasteiger charge is -2.41. The molecule has 9 heteroatoms. The number of piperazine rings is 1. The molecule has 2 aromatic heterocycles. The van der Waals surface area contributed by atoms with Crippen LogP contribution >= 0.6 is 0 Å². The predicted molar refractivity (Wildman–Crippen MR) is 156 cm³/mol. The number of nitrogens with zero attached hydrogens (tertiary/aromatic N) is 5. The fourth-order valence-corrected chi connectivity index (χ4v) is 6.70. The number of amides is 1. The molecule has 1 amide bonds. The number of methoxy groups -OCH3 is 1. The van der Waals surface area contributed by atoms with E-state index < -0.39 is 0 Å². The minimum atomic E-state index is -0.323. The van der Waals surface area contributed by atoms with Crippen molar-refractivity contribution in [1.29, 1.82) is 0 Å². The van der Waals surface area contributed by atoms with Gasteiger partial charge >= 0.3 is 0 Å². The Balaban J connectivity index is 1.52. The smallest absolute Gasteiger partial charge is 0.241 e. The molecule has 1 saturated heterocycles. The van der Waals surface area contributed by atoms with E-state index in [0.717, 1.165) is 71.7 Å². The first-order chi connectivity index (χ1) is 19.8. The molecule has 0 radical (unpaired) electrons. The van der Waals surface area contributed by atoms with Gasteiger partial charge in [0.15, 0.2) is 0 Å². The van der Waals surface area contributed by atoms with Crippen LogP contribution in [0.4, 0.5) is 10.1 Å². The maximum absolute atomic E-state index is 14.3. The van der Waals surface area contributed by atoms with Gasteiger partial charge in [-0.2, -0.15) is 0 Å². The quantitative estimate of drug-likeness (QED) is 0.276. The Morgan fingerprint density at radius 3 is 2.51 bits per heavy atom. The zero-order chi connectivity index (χ0) is 28.8. The van der Waals surface area contributed by atoms with Gasteiger partial charge < -0.3 is 13.8 Å². The Hall–Kier alpha value is -3.56. The highest BCUT2D eigenvalue weighted by Gasteiger charge is 2.39. The van der Waals surface area contributed by atoms with E-state index in [1.54, 1.807) is 26.2 Å². The summed E-state index contributed by atoms with van der Waals surface area (Å²) >= 11 is 0. The molecule has 1 unspecified atom stereocenters. The van der Waals surface area contributed by atoms with Crippen LogP contribution in [0.5, 0.6) is 0 Å². The second kappa shape index (κ2) is 11.0. The van der Waals surface area contributed by atoms with Crippen molar-refractivity contribution in [2.75, 3.05) is 31.6 Å². The number of likely N-dealkylation sites (N-methyl/N-ethyl adjacent to an activating group) is 1. The Morgan fingerprint density at radius 1 is 1.07 bits per heavy atom. The van der Waals surface area contributed by atoms with Gasteiger partial charge in [-0.25, -0.2) is 9.37 Å². The Labute approximate surface area is 240 Å². The monoisotopic (exact) mass is 559 g/mol. The first-order valence-corrected chi connectivity index (χ1v) is 14.6. The van der Waals surface area contributed by atoms with E-state index in [1.165, 1.54) is 6.07 Å². The molecule has 1 atom stereocenters. The molecule has 0 N–H and O–H groups in total. The van der Waals surface area contributed by atoms with Gasteiger partial charge in [-0.3, -0.25) is 14.6 Å². The van der Waals surface area contributed by atoms with Crippen molar-refractivity contribution in [2.24, 2.45) is 0 Å². The molecule has 1 aliphatic heterocycles. The number of anilines is 1. The summed E-state index contributed by atoms with van der Waals surface area (Å²) in [6.45, 7) is 9.41. The Kier molecular flexibility index (Phi) is 7.42. The Morgan fingerprint density at radius 2 is 1.85 bits per heavy atom. The number of benzene rings is 2. The SMILES string of the molecule is CCN1CC(=O)N(c2ccc(F)c(C)c2)C(c2nc3cc(-c4c(C)noc4C)ccc3n2C2CCC(OC)CC2)C1. The van der Waals surface area contributed by atoms with Crippen molar-refractivity contribution in [2.45, 2.75) is 71.6 Å². The van der Waals surface area contributed by atoms with Crippen molar-refractivity contribution in [3.8, 4) is 11.1 Å². The highest BCUT2D eigenvalue weighted by Crippen LogP contribution is 2.40. The van der Waals surface area contributed by atoms with Gasteiger partial charge in [0.2, 0.25) is 5.91 Å². The lowest BCUT2D eigenvalue weighted by Crippen LogP contribution is -2.53. The number of halogens is 1. The Bertz CT molecular complexity index is 1570. The summed E-state index contributed by atoms with van der Waals surface area (Å²) in [7, 11) is 1.79. The molecule has 6 rings (SSSR count). The normalized spacial score (nSPS) is 22.1. The highest BCUT2D eigenvalue weighted by molar-refractivity contribution is 5.96. The molecule has 2 aliphatic rings. The van der Waals surface area contributed by atoms with Crippen molar-refractivity contribution in [3.63, 3.8) is 0 Å². The number of ether oxygens (including phenoxy) is 1. The maximum atomic E-state index is 14.3. The van der Waals surface area contributed by atoms with Gasteiger partial charge in [-0.1, -0.05) is 18.1 Å². The van der Waals surface area contributed by atoms with Crippen molar-refractivity contribution < 1.29 is 18.4 Å². The lowest BCUT2D eigenvalue weighted by atomic mass is 9.92. The average Bonchev–Trinajstić information content (AvgIpc) is 3.52. The second-order valence-corrected chi connectivity index (χ2v) is 11.4. The van der Waals surface area contributed by atoms with Crippen LogP contribution in [0, 0.1) is 26.6 Å². The number of carbonyl (C=O) groups is 1. The first-order valence-electron chi connectivity index (χ1n) is 14.6. The summed E-state index contributed by atoms with van der Waals surface area (Å²) in [5, 5.41) is 4.15. The number of carbonyl (C=O) groups excluding carboxylic acids is 1. The zero-order valence-electron chi connectivity index (χ0n) is 24.5. The van der Waals surface area contributed by atoms with E-state index in [2.05, 4.69) is 39.7 Å². The van der Waals surface area contributed by atoms with Crippen LogP contribution < -0.4 is 4.90 Å². The molecule has 2 fully saturated rings. The zero-order valence-corrected chi connectivity index (χ0v) is 24.5. The highest BCUT2D eigenvalue weighted by atomic mass is 19.1. The van der Waals surface area contributed by atoms with Crippen LogP contribution in [0.25, 0.3) is 22.2 Å². The summed E-state index contributed by atoms with van der Waals surface area (Å²) in [5.74, 6) is 1.35.